The second kappa shape index (κ2) is 6.71. The van der Waals surface area contributed by atoms with Crippen LogP contribution in [0.2, 0.25) is 0 Å². The molecule has 4 rings (SSSR count). The Hall–Kier alpha value is -1.43. The molecule has 2 aliphatic rings. The van der Waals surface area contributed by atoms with Crippen LogP contribution in [0.5, 0.6) is 0 Å². The van der Waals surface area contributed by atoms with Gasteiger partial charge < -0.3 is 14.4 Å². The van der Waals surface area contributed by atoms with Gasteiger partial charge in [0.15, 0.2) is 0 Å². The highest BCUT2D eigenvalue weighted by Gasteiger charge is 2.39. The smallest absolute Gasteiger partial charge is 0.0959 e. The van der Waals surface area contributed by atoms with E-state index in [0.29, 0.717) is 13.1 Å². The van der Waals surface area contributed by atoms with E-state index in [-0.39, 0.29) is 5.60 Å². The number of fused-ring (bicyclic) bond motifs is 1. The molecule has 136 valence electrons. The van der Waals surface area contributed by atoms with Crippen LogP contribution in [0.3, 0.4) is 0 Å². The number of hydrogen-bond acceptors (Lipinski definition) is 4. The van der Waals surface area contributed by atoms with Crippen molar-refractivity contribution in [3.63, 3.8) is 0 Å². The molecule has 1 N–H and O–H groups in total. The van der Waals surface area contributed by atoms with Crippen molar-refractivity contribution in [3.8, 4) is 0 Å². The molecular weight excluding hydrogens is 314 g/mol. The van der Waals surface area contributed by atoms with Crippen LogP contribution < -0.4 is 0 Å². The van der Waals surface area contributed by atoms with E-state index in [1.165, 1.54) is 36.8 Å². The summed E-state index contributed by atoms with van der Waals surface area (Å²) in [6, 6.07) is 4.30. The maximum atomic E-state index is 10.7. The predicted molar refractivity (Wildman–Crippen MR) is 98.8 cm³/mol. The molecule has 1 unspecified atom stereocenters. The first-order valence-corrected chi connectivity index (χ1v) is 9.51. The number of hydrogen-bond donors (Lipinski definition) is 1. The molecule has 1 saturated carbocycles. The Morgan fingerprint density at radius 3 is 2.76 bits per heavy atom. The minimum Gasteiger partial charge on any atom is -0.390 e. The Bertz CT molecular complexity index is 749. The quantitative estimate of drug-likeness (QED) is 0.927. The zero-order valence-electron chi connectivity index (χ0n) is 15.4. The number of β-amino-alcohol motifs (C(OH)–C–C–N with tert-alkyl or cyclic N) is 1. The summed E-state index contributed by atoms with van der Waals surface area (Å²) >= 11 is 0. The summed E-state index contributed by atoms with van der Waals surface area (Å²) in [5.74, 6) is 0. The minimum atomic E-state index is -0.393. The average Bonchev–Trinajstić information content (AvgIpc) is 3.16. The second-order valence-electron chi connectivity index (χ2n) is 7.95. The molecule has 5 nitrogen and oxygen atoms in total. The fourth-order valence-electron chi connectivity index (χ4n) is 4.44. The zero-order valence-corrected chi connectivity index (χ0v) is 15.4. The van der Waals surface area contributed by atoms with Crippen LogP contribution in [0.1, 0.15) is 36.8 Å². The van der Waals surface area contributed by atoms with Crippen LogP contribution >= 0.6 is 0 Å². The van der Waals surface area contributed by atoms with E-state index in [1.54, 1.807) is 0 Å². The van der Waals surface area contributed by atoms with Crippen LogP contribution in [0.25, 0.3) is 11.0 Å². The third-order valence-electron chi connectivity index (χ3n) is 5.96. The number of ether oxygens (including phenoxy) is 1. The molecule has 1 spiro atoms. The lowest BCUT2D eigenvalue weighted by molar-refractivity contribution is -0.111. The molecule has 2 heterocycles. The normalized spacial score (nSPS) is 22.0. The number of morpholine rings is 1. The Labute approximate surface area is 149 Å². The second-order valence-corrected chi connectivity index (χ2v) is 7.95. The molecule has 2 fully saturated rings. The first-order valence-electron chi connectivity index (χ1n) is 9.51. The molecule has 1 aliphatic carbocycles. The van der Waals surface area contributed by atoms with E-state index >= 15 is 0 Å². The van der Waals surface area contributed by atoms with E-state index in [4.69, 9.17) is 4.74 Å². The molecule has 1 aliphatic heterocycles. The third kappa shape index (κ3) is 3.46. The molecule has 1 aromatic heterocycles. The van der Waals surface area contributed by atoms with E-state index < -0.39 is 6.10 Å². The Morgan fingerprint density at radius 1 is 1.20 bits per heavy atom. The molecule has 0 radical (unpaired) electrons. The van der Waals surface area contributed by atoms with Crippen molar-refractivity contribution in [3.05, 3.63) is 29.6 Å². The van der Waals surface area contributed by atoms with Gasteiger partial charge in [0, 0.05) is 19.6 Å². The first-order chi connectivity index (χ1) is 12.0. The van der Waals surface area contributed by atoms with E-state index in [9.17, 15) is 5.11 Å². The van der Waals surface area contributed by atoms with Crippen molar-refractivity contribution in [1.29, 1.82) is 0 Å². The number of nitrogens with zero attached hydrogens (tertiary/aromatic N) is 3. The van der Waals surface area contributed by atoms with Crippen LogP contribution in [0.15, 0.2) is 18.5 Å². The number of rotatable bonds is 4. The minimum absolute atomic E-state index is 0.0638. The van der Waals surface area contributed by atoms with E-state index in [2.05, 4.69) is 40.4 Å². The number of aryl methyl sites for hydroxylation is 2. The van der Waals surface area contributed by atoms with E-state index in [1.807, 2.05) is 6.33 Å². The summed E-state index contributed by atoms with van der Waals surface area (Å²) in [5.41, 5.74) is 4.70. The standard InChI is InChI=1S/C20H29N3O2/c1-15-9-18-19(10-16(15)2)23(14-21-18)12-17(24)11-22-7-8-25-20(13-22)5-3-4-6-20/h9-10,14,17,24H,3-8,11-13H2,1-2H3. The molecule has 1 saturated heterocycles. The maximum absolute atomic E-state index is 10.7. The maximum Gasteiger partial charge on any atom is 0.0959 e. The van der Waals surface area contributed by atoms with Crippen molar-refractivity contribution in [2.24, 2.45) is 0 Å². The fourth-order valence-corrected chi connectivity index (χ4v) is 4.44. The summed E-state index contributed by atoms with van der Waals surface area (Å²) in [6.45, 7) is 8.20. The summed E-state index contributed by atoms with van der Waals surface area (Å²) < 4.78 is 8.17. The van der Waals surface area contributed by atoms with Gasteiger partial charge in [0.25, 0.3) is 0 Å². The summed E-state index contributed by atoms with van der Waals surface area (Å²) in [5, 5.41) is 10.7. The molecular formula is C20H29N3O2. The predicted octanol–water partition coefficient (Wildman–Crippen LogP) is 2.66. The van der Waals surface area contributed by atoms with Crippen molar-refractivity contribution in [2.45, 2.75) is 57.8 Å². The van der Waals surface area contributed by atoms with Gasteiger partial charge in [0.1, 0.15) is 0 Å². The topological polar surface area (TPSA) is 50.5 Å². The van der Waals surface area contributed by atoms with Crippen LogP contribution in [-0.4, -0.2) is 57.5 Å². The lowest BCUT2D eigenvalue weighted by Crippen LogP contribution is -2.52. The monoisotopic (exact) mass is 343 g/mol. The van der Waals surface area contributed by atoms with Gasteiger partial charge in [-0.2, -0.15) is 0 Å². The third-order valence-corrected chi connectivity index (χ3v) is 5.96. The lowest BCUT2D eigenvalue weighted by atomic mass is 9.99. The molecule has 0 bridgehead atoms. The first kappa shape index (κ1) is 17.0. The number of benzene rings is 1. The highest BCUT2D eigenvalue weighted by atomic mass is 16.5. The van der Waals surface area contributed by atoms with Crippen molar-refractivity contribution in [1.82, 2.24) is 14.5 Å². The van der Waals surface area contributed by atoms with Gasteiger partial charge in [-0.1, -0.05) is 12.8 Å². The van der Waals surface area contributed by atoms with Crippen LogP contribution in [0, 0.1) is 13.8 Å². The molecule has 5 heteroatoms. The van der Waals surface area contributed by atoms with Gasteiger partial charge in [-0.05, 0) is 49.9 Å². The average molecular weight is 343 g/mol. The van der Waals surface area contributed by atoms with Gasteiger partial charge in [0.2, 0.25) is 0 Å². The largest absolute Gasteiger partial charge is 0.390 e. The zero-order chi connectivity index (χ0) is 17.4. The Morgan fingerprint density at radius 2 is 1.96 bits per heavy atom. The molecule has 2 aromatic rings. The van der Waals surface area contributed by atoms with Gasteiger partial charge in [0.05, 0.1) is 42.2 Å². The lowest BCUT2D eigenvalue weighted by Gasteiger charge is -2.41. The molecule has 1 atom stereocenters. The fraction of sp³-hybridized carbons (Fsp3) is 0.650. The highest BCUT2D eigenvalue weighted by molar-refractivity contribution is 5.77. The number of imidazole rings is 1. The van der Waals surface area contributed by atoms with E-state index in [0.717, 1.165) is 30.7 Å². The van der Waals surface area contributed by atoms with Crippen molar-refractivity contribution < 1.29 is 9.84 Å². The summed E-state index contributed by atoms with van der Waals surface area (Å²) in [4.78, 5) is 6.88. The number of aliphatic hydroxyl groups is 1. The molecule has 25 heavy (non-hydrogen) atoms. The van der Waals surface area contributed by atoms with Gasteiger partial charge in [-0.25, -0.2) is 4.98 Å². The SMILES string of the molecule is Cc1cc2ncn(CC(O)CN3CCOC4(CCCC4)C3)c2cc1C. The summed E-state index contributed by atoms with van der Waals surface area (Å²) in [7, 11) is 0. The van der Waals surface area contributed by atoms with Crippen molar-refractivity contribution in [2.75, 3.05) is 26.2 Å². The van der Waals surface area contributed by atoms with Gasteiger partial charge in [-0.15, -0.1) is 0 Å². The van der Waals surface area contributed by atoms with Crippen LogP contribution in [0.4, 0.5) is 0 Å². The number of aromatic nitrogens is 2. The molecule has 0 amide bonds. The Balaban J connectivity index is 1.42. The van der Waals surface area contributed by atoms with Crippen molar-refractivity contribution >= 4 is 11.0 Å². The van der Waals surface area contributed by atoms with Crippen LogP contribution in [-0.2, 0) is 11.3 Å². The highest BCUT2D eigenvalue weighted by Crippen LogP contribution is 2.35. The molecule has 1 aromatic carbocycles. The number of aliphatic hydroxyl groups excluding tert-OH is 1. The van der Waals surface area contributed by atoms with Gasteiger partial charge in [-0.3, -0.25) is 4.90 Å². The Kier molecular flexibility index (Phi) is 4.56. The van der Waals surface area contributed by atoms with Gasteiger partial charge >= 0.3 is 0 Å². The summed E-state index contributed by atoms with van der Waals surface area (Å²) in [6.07, 6.45) is 6.35.